The minimum absolute atomic E-state index is 0.162. The van der Waals surface area contributed by atoms with Gasteiger partial charge in [0.2, 0.25) is 6.04 Å². The molecule has 0 saturated carbocycles. The smallest absolute Gasteiger partial charge is 0.289 e. The summed E-state index contributed by atoms with van der Waals surface area (Å²) in [5.41, 5.74) is 1.64. The number of nitrogens with one attached hydrogen (secondary N) is 1. The lowest BCUT2D eigenvalue weighted by Gasteiger charge is -2.34. The Hall–Kier alpha value is -3.14. The van der Waals surface area contributed by atoms with Gasteiger partial charge in [0.1, 0.15) is 17.6 Å². The molecule has 1 aromatic heterocycles. The Morgan fingerprint density at radius 2 is 1.73 bits per heavy atom. The molecule has 0 bridgehead atoms. The summed E-state index contributed by atoms with van der Waals surface area (Å²) in [5.74, 6) is 0.417. The number of carbonyl (C=O) groups is 1. The van der Waals surface area contributed by atoms with E-state index in [1.807, 2.05) is 12.1 Å². The monoisotopic (exact) mass is 424 g/mol. The van der Waals surface area contributed by atoms with Crippen molar-refractivity contribution in [3.63, 3.8) is 0 Å². The molecule has 2 heterocycles. The highest BCUT2D eigenvalue weighted by Crippen LogP contribution is 2.24. The van der Waals surface area contributed by atoms with Gasteiger partial charge in [-0.2, -0.15) is 5.26 Å². The zero-order chi connectivity index (χ0) is 21.1. The molecule has 1 aliphatic heterocycles. The first kappa shape index (κ1) is 20.1. The average molecular weight is 425 g/mol. The van der Waals surface area contributed by atoms with Crippen molar-refractivity contribution in [3.8, 4) is 17.4 Å². The van der Waals surface area contributed by atoms with Gasteiger partial charge < -0.3 is 14.2 Å². The van der Waals surface area contributed by atoms with Gasteiger partial charge in [-0.25, -0.2) is 4.39 Å². The number of nitrogens with zero attached hydrogens (tertiary/aromatic N) is 2. The van der Waals surface area contributed by atoms with Crippen molar-refractivity contribution in [2.75, 3.05) is 26.2 Å². The number of benzene rings is 2. The van der Waals surface area contributed by atoms with Gasteiger partial charge in [-0.05, 0) is 60.7 Å². The number of quaternary nitrogens is 1. The van der Waals surface area contributed by atoms with Crippen molar-refractivity contribution < 1.29 is 18.5 Å². The average Bonchev–Trinajstić information content (AvgIpc) is 3.26. The SMILES string of the molecule is N#CC(c1ccc(F)cc1)[NH+]1CCN(C(=O)c2ccc(-c3ccc(Cl)cc3)o2)CC1. The quantitative estimate of drug-likeness (QED) is 0.698. The van der Waals surface area contributed by atoms with Crippen LogP contribution in [0.25, 0.3) is 11.3 Å². The summed E-state index contributed by atoms with van der Waals surface area (Å²) >= 11 is 5.92. The van der Waals surface area contributed by atoms with Crippen LogP contribution in [0, 0.1) is 17.1 Å². The summed E-state index contributed by atoms with van der Waals surface area (Å²) in [6, 6.07) is 18.7. The minimum atomic E-state index is -0.386. The Labute approximate surface area is 178 Å². The van der Waals surface area contributed by atoms with Crippen LogP contribution in [-0.4, -0.2) is 37.0 Å². The molecule has 0 radical (unpaired) electrons. The summed E-state index contributed by atoms with van der Waals surface area (Å²) in [7, 11) is 0. The number of nitriles is 1. The predicted molar refractivity (Wildman–Crippen MR) is 111 cm³/mol. The van der Waals surface area contributed by atoms with Crippen molar-refractivity contribution in [1.82, 2.24) is 4.90 Å². The van der Waals surface area contributed by atoms with E-state index in [1.165, 1.54) is 12.1 Å². The lowest BCUT2D eigenvalue weighted by atomic mass is 10.1. The maximum Gasteiger partial charge on any atom is 0.289 e. The molecule has 5 nitrogen and oxygen atoms in total. The van der Waals surface area contributed by atoms with Crippen LogP contribution in [0.2, 0.25) is 5.02 Å². The zero-order valence-electron chi connectivity index (χ0n) is 16.1. The highest BCUT2D eigenvalue weighted by Gasteiger charge is 2.31. The molecule has 152 valence electrons. The Morgan fingerprint density at radius 1 is 1.07 bits per heavy atom. The molecule has 30 heavy (non-hydrogen) atoms. The fourth-order valence-corrected chi connectivity index (χ4v) is 3.85. The maximum absolute atomic E-state index is 13.2. The zero-order valence-corrected chi connectivity index (χ0v) is 16.9. The van der Waals surface area contributed by atoms with Crippen molar-refractivity contribution in [1.29, 1.82) is 5.26 Å². The Balaban J connectivity index is 1.40. The number of piperazine rings is 1. The third-order valence-electron chi connectivity index (χ3n) is 5.38. The normalized spacial score (nSPS) is 15.6. The number of halogens is 2. The van der Waals surface area contributed by atoms with E-state index >= 15 is 0 Å². The fraction of sp³-hybridized carbons (Fsp3) is 0.217. The molecule has 0 aliphatic carbocycles. The molecule has 1 N–H and O–H groups in total. The largest absolute Gasteiger partial charge is 0.451 e. The van der Waals surface area contributed by atoms with Crippen LogP contribution < -0.4 is 4.90 Å². The Kier molecular flexibility index (Phi) is 5.84. The van der Waals surface area contributed by atoms with Crippen LogP contribution in [0.1, 0.15) is 22.2 Å². The van der Waals surface area contributed by atoms with Crippen molar-refractivity contribution in [3.05, 3.63) is 82.8 Å². The van der Waals surface area contributed by atoms with Gasteiger partial charge in [0, 0.05) is 16.1 Å². The number of carbonyl (C=O) groups excluding carboxylic acids is 1. The number of rotatable bonds is 4. The van der Waals surface area contributed by atoms with E-state index in [0.29, 0.717) is 42.7 Å². The Morgan fingerprint density at radius 3 is 2.37 bits per heavy atom. The first-order valence-electron chi connectivity index (χ1n) is 9.70. The lowest BCUT2D eigenvalue weighted by Crippen LogP contribution is -3.15. The fourth-order valence-electron chi connectivity index (χ4n) is 3.72. The third-order valence-corrected chi connectivity index (χ3v) is 5.63. The molecule has 1 amide bonds. The van der Waals surface area contributed by atoms with Gasteiger partial charge in [-0.1, -0.05) is 11.6 Å². The second kappa shape index (κ2) is 8.70. The van der Waals surface area contributed by atoms with E-state index in [-0.39, 0.29) is 17.8 Å². The lowest BCUT2D eigenvalue weighted by molar-refractivity contribution is -0.926. The van der Waals surface area contributed by atoms with E-state index < -0.39 is 0 Å². The molecule has 4 rings (SSSR count). The molecular weight excluding hydrogens is 405 g/mol. The van der Waals surface area contributed by atoms with Gasteiger partial charge in [-0.3, -0.25) is 4.79 Å². The van der Waals surface area contributed by atoms with Crippen LogP contribution in [0.5, 0.6) is 0 Å². The molecule has 1 saturated heterocycles. The molecule has 1 fully saturated rings. The van der Waals surface area contributed by atoms with E-state index in [9.17, 15) is 14.4 Å². The van der Waals surface area contributed by atoms with E-state index in [2.05, 4.69) is 6.07 Å². The topological polar surface area (TPSA) is 61.7 Å². The second-order valence-corrected chi connectivity index (χ2v) is 7.67. The summed E-state index contributed by atoms with van der Waals surface area (Å²) < 4.78 is 18.9. The van der Waals surface area contributed by atoms with E-state index in [4.69, 9.17) is 16.0 Å². The maximum atomic E-state index is 13.2. The van der Waals surface area contributed by atoms with Crippen LogP contribution in [0.15, 0.2) is 65.1 Å². The Bertz CT molecular complexity index is 1070. The van der Waals surface area contributed by atoms with E-state index in [1.54, 1.807) is 41.3 Å². The molecule has 1 aliphatic rings. The first-order chi connectivity index (χ1) is 14.5. The number of amides is 1. The standard InChI is InChI=1S/C23H19ClFN3O2/c24-18-5-1-17(2-6-18)21-9-10-22(30-21)23(29)28-13-11-27(12-14-28)20(15-26)16-3-7-19(25)8-4-16/h1-10,20H,11-14H2/p+1. The highest BCUT2D eigenvalue weighted by molar-refractivity contribution is 6.30. The molecule has 1 atom stereocenters. The van der Waals surface area contributed by atoms with Gasteiger partial charge in [0.15, 0.2) is 5.76 Å². The predicted octanol–water partition coefficient (Wildman–Crippen LogP) is 3.34. The number of hydrogen-bond donors (Lipinski definition) is 1. The summed E-state index contributed by atoms with van der Waals surface area (Å²) in [6.07, 6.45) is 0. The molecule has 7 heteroatoms. The third kappa shape index (κ3) is 4.23. The summed E-state index contributed by atoms with van der Waals surface area (Å²) in [6.45, 7) is 2.30. The van der Waals surface area contributed by atoms with Crippen LogP contribution in [-0.2, 0) is 0 Å². The van der Waals surface area contributed by atoms with Gasteiger partial charge in [0.25, 0.3) is 5.91 Å². The van der Waals surface area contributed by atoms with Gasteiger partial charge in [-0.15, -0.1) is 0 Å². The van der Waals surface area contributed by atoms with Crippen molar-refractivity contribution in [2.24, 2.45) is 0 Å². The second-order valence-electron chi connectivity index (χ2n) is 7.23. The van der Waals surface area contributed by atoms with Crippen LogP contribution >= 0.6 is 11.6 Å². The highest BCUT2D eigenvalue weighted by atomic mass is 35.5. The van der Waals surface area contributed by atoms with Gasteiger partial charge in [0.05, 0.1) is 26.2 Å². The minimum Gasteiger partial charge on any atom is -0.451 e. The summed E-state index contributed by atoms with van der Waals surface area (Å²) in [4.78, 5) is 15.7. The van der Waals surface area contributed by atoms with Gasteiger partial charge >= 0.3 is 0 Å². The molecule has 3 aromatic rings. The molecule has 1 unspecified atom stereocenters. The van der Waals surface area contributed by atoms with Crippen molar-refractivity contribution in [2.45, 2.75) is 6.04 Å². The molecular formula is C23H20ClFN3O2+. The molecule has 2 aromatic carbocycles. The van der Waals surface area contributed by atoms with Crippen LogP contribution in [0.4, 0.5) is 4.39 Å². The van der Waals surface area contributed by atoms with Crippen LogP contribution in [0.3, 0.4) is 0 Å². The van der Waals surface area contributed by atoms with E-state index in [0.717, 1.165) is 16.0 Å². The number of furan rings is 1. The van der Waals surface area contributed by atoms with Crippen molar-refractivity contribution >= 4 is 17.5 Å². The molecule has 0 spiro atoms. The number of hydrogen-bond acceptors (Lipinski definition) is 3. The first-order valence-corrected chi connectivity index (χ1v) is 10.1. The summed E-state index contributed by atoms with van der Waals surface area (Å²) in [5, 5.41) is 10.3.